The predicted octanol–water partition coefficient (Wildman–Crippen LogP) is 4.35. The third-order valence-corrected chi connectivity index (χ3v) is 6.57. The number of halogens is 1. The smallest absolute Gasteiger partial charge is 0.272 e. The van der Waals surface area contributed by atoms with Crippen LogP contribution in [0.25, 0.3) is 0 Å². The highest BCUT2D eigenvalue weighted by Gasteiger charge is 2.17. The highest BCUT2D eigenvalue weighted by molar-refractivity contribution is 7.94. The Balaban J connectivity index is 1.72. The normalized spacial score (nSPS) is 11.3. The van der Waals surface area contributed by atoms with Gasteiger partial charge >= 0.3 is 0 Å². The second kappa shape index (κ2) is 6.99. The average molecular weight is 395 g/mol. The monoisotopic (exact) mass is 394 g/mol. The van der Waals surface area contributed by atoms with Crippen LogP contribution in [0, 0.1) is 13.8 Å². The van der Waals surface area contributed by atoms with Crippen LogP contribution in [-0.4, -0.2) is 18.6 Å². The van der Waals surface area contributed by atoms with Gasteiger partial charge < -0.3 is 5.32 Å². The molecule has 130 valence electrons. The fraction of sp³-hybridized carbons (Fsp3) is 0.125. The molecule has 9 heteroatoms. The number of thiophene rings is 1. The summed E-state index contributed by atoms with van der Waals surface area (Å²) >= 11 is 6.75. The second-order valence-corrected chi connectivity index (χ2v) is 9.02. The van der Waals surface area contributed by atoms with E-state index in [4.69, 9.17) is 11.6 Å². The molecule has 1 aromatic carbocycles. The molecule has 0 aliphatic heterocycles. The van der Waals surface area contributed by atoms with Gasteiger partial charge in [0.05, 0.1) is 4.34 Å². The molecule has 3 rings (SSSR count). The molecule has 3 aromatic rings. The minimum Gasteiger partial charge on any atom is -0.339 e. The zero-order valence-electron chi connectivity index (χ0n) is 13.4. The topological polar surface area (TPSA) is 84.0 Å². The molecule has 0 spiro atoms. The third kappa shape index (κ3) is 4.28. The number of aromatic nitrogens is 2. The Morgan fingerprint density at radius 2 is 1.68 bits per heavy atom. The van der Waals surface area contributed by atoms with E-state index in [1.807, 2.05) is 32.0 Å². The van der Waals surface area contributed by atoms with Gasteiger partial charge in [0.25, 0.3) is 10.0 Å². The maximum atomic E-state index is 12.2. The summed E-state index contributed by atoms with van der Waals surface area (Å²) in [5.74, 6) is 0.653. The maximum absolute atomic E-state index is 12.2. The summed E-state index contributed by atoms with van der Waals surface area (Å²) in [5.41, 5.74) is 3.26. The van der Waals surface area contributed by atoms with Gasteiger partial charge in [-0.1, -0.05) is 17.7 Å². The van der Waals surface area contributed by atoms with Crippen molar-refractivity contribution in [1.29, 1.82) is 0 Å². The Bertz CT molecular complexity index is 1000. The van der Waals surface area contributed by atoms with Gasteiger partial charge in [-0.3, -0.25) is 4.72 Å². The van der Waals surface area contributed by atoms with Crippen molar-refractivity contribution in [3.05, 3.63) is 57.9 Å². The van der Waals surface area contributed by atoms with Crippen LogP contribution < -0.4 is 10.0 Å². The van der Waals surface area contributed by atoms with Gasteiger partial charge in [-0.15, -0.1) is 21.5 Å². The Morgan fingerprint density at radius 3 is 2.28 bits per heavy atom. The first-order chi connectivity index (χ1) is 11.8. The first-order valence-corrected chi connectivity index (χ1v) is 9.97. The Kier molecular flexibility index (Phi) is 4.94. The molecular weight excluding hydrogens is 380 g/mol. The van der Waals surface area contributed by atoms with Gasteiger partial charge in [0, 0.05) is 5.69 Å². The number of aryl methyl sites for hydroxylation is 2. The Hall–Kier alpha value is -2.16. The zero-order chi connectivity index (χ0) is 18.0. The highest BCUT2D eigenvalue weighted by Crippen LogP contribution is 2.27. The summed E-state index contributed by atoms with van der Waals surface area (Å²) in [6.45, 7) is 4.07. The molecule has 2 aromatic heterocycles. The van der Waals surface area contributed by atoms with Crippen molar-refractivity contribution in [3.8, 4) is 0 Å². The SMILES string of the molecule is Cc1ccc(Nc2ccc(NS(=O)(=O)c3ccc(Cl)s3)nn2)cc1C. The molecule has 0 fully saturated rings. The van der Waals surface area contributed by atoms with E-state index in [9.17, 15) is 8.42 Å². The molecule has 0 aliphatic carbocycles. The number of hydrogen-bond acceptors (Lipinski definition) is 6. The third-order valence-electron chi connectivity index (χ3n) is 3.50. The lowest BCUT2D eigenvalue weighted by Gasteiger charge is -2.09. The van der Waals surface area contributed by atoms with Crippen LogP contribution >= 0.6 is 22.9 Å². The molecule has 0 saturated heterocycles. The largest absolute Gasteiger partial charge is 0.339 e. The summed E-state index contributed by atoms with van der Waals surface area (Å²) in [7, 11) is -3.71. The van der Waals surface area contributed by atoms with Crippen LogP contribution in [0.5, 0.6) is 0 Å². The standard InChI is InChI=1S/C16H15ClN4O2S2/c1-10-3-4-12(9-11(10)2)18-14-6-7-15(20-19-14)21-25(22,23)16-8-5-13(17)24-16/h3-9H,1-2H3,(H,18,19)(H,20,21). The van der Waals surface area contributed by atoms with Gasteiger partial charge in [-0.05, 0) is 61.4 Å². The molecule has 0 bridgehead atoms. The summed E-state index contributed by atoms with van der Waals surface area (Å²) in [6, 6.07) is 12.1. The number of hydrogen-bond donors (Lipinski definition) is 2. The molecule has 0 unspecified atom stereocenters. The summed E-state index contributed by atoms with van der Waals surface area (Å²) in [5, 5.41) is 11.0. The van der Waals surface area contributed by atoms with E-state index in [0.29, 0.717) is 10.2 Å². The number of rotatable bonds is 5. The van der Waals surface area contributed by atoms with Crippen molar-refractivity contribution >= 4 is 50.3 Å². The van der Waals surface area contributed by atoms with Crippen LogP contribution in [0.1, 0.15) is 11.1 Å². The summed E-state index contributed by atoms with van der Waals surface area (Å²) in [6.07, 6.45) is 0. The van der Waals surface area contributed by atoms with Gasteiger partial charge in [-0.2, -0.15) is 0 Å². The Morgan fingerprint density at radius 1 is 0.960 bits per heavy atom. The van der Waals surface area contributed by atoms with Crippen molar-refractivity contribution in [2.75, 3.05) is 10.0 Å². The zero-order valence-corrected chi connectivity index (χ0v) is 15.8. The van der Waals surface area contributed by atoms with Crippen LogP contribution in [0.2, 0.25) is 4.34 Å². The average Bonchev–Trinajstić information content (AvgIpc) is 3.00. The van der Waals surface area contributed by atoms with E-state index in [-0.39, 0.29) is 10.0 Å². The van der Waals surface area contributed by atoms with Crippen molar-refractivity contribution in [3.63, 3.8) is 0 Å². The molecule has 0 amide bonds. The van der Waals surface area contributed by atoms with Crippen molar-refractivity contribution in [2.24, 2.45) is 0 Å². The van der Waals surface area contributed by atoms with E-state index < -0.39 is 10.0 Å². The molecule has 6 nitrogen and oxygen atoms in total. The summed E-state index contributed by atoms with van der Waals surface area (Å²) < 4.78 is 27.3. The van der Waals surface area contributed by atoms with Crippen LogP contribution in [0.3, 0.4) is 0 Å². The lowest BCUT2D eigenvalue weighted by Crippen LogP contribution is -2.13. The number of nitrogens with one attached hydrogen (secondary N) is 2. The lowest BCUT2D eigenvalue weighted by molar-refractivity contribution is 0.603. The molecule has 2 N–H and O–H groups in total. The minimum atomic E-state index is -3.71. The molecular formula is C16H15ClN4O2S2. The quantitative estimate of drug-likeness (QED) is 0.671. The van der Waals surface area contributed by atoms with E-state index in [2.05, 4.69) is 20.2 Å². The minimum absolute atomic E-state index is 0.122. The number of benzene rings is 1. The van der Waals surface area contributed by atoms with Gasteiger partial charge in [0.15, 0.2) is 11.6 Å². The number of anilines is 3. The van der Waals surface area contributed by atoms with Gasteiger partial charge in [-0.25, -0.2) is 8.42 Å². The highest BCUT2D eigenvalue weighted by atomic mass is 35.5. The second-order valence-electron chi connectivity index (χ2n) is 5.39. The van der Waals surface area contributed by atoms with E-state index in [1.54, 1.807) is 12.1 Å². The maximum Gasteiger partial charge on any atom is 0.272 e. The first kappa shape index (κ1) is 17.7. The summed E-state index contributed by atoms with van der Waals surface area (Å²) in [4.78, 5) is 0. The van der Waals surface area contributed by atoms with Crippen molar-refractivity contribution < 1.29 is 8.42 Å². The molecule has 0 radical (unpaired) electrons. The lowest BCUT2D eigenvalue weighted by atomic mass is 10.1. The van der Waals surface area contributed by atoms with Crippen LogP contribution in [0.15, 0.2) is 46.7 Å². The molecule has 25 heavy (non-hydrogen) atoms. The number of nitrogens with zero attached hydrogens (tertiary/aromatic N) is 2. The fourth-order valence-electron chi connectivity index (χ4n) is 2.05. The molecule has 0 saturated carbocycles. The van der Waals surface area contributed by atoms with Crippen LogP contribution in [0.4, 0.5) is 17.3 Å². The van der Waals surface area contributed by atoms with E-state index in [1.165, 1.54) is 17.7 Å². The van der Waals surface area contributed by atoms with E-state index >= 15 is 0 Å². The first-order valence-electron chi connectivity index (χ1n) is 7.30. The predicted molar refractivity (Wildman–Crippen MR) is 101 cm³/mol. The fourth-order valence-corrected chi connectivity index (χ4v) is 4.53. The van der Waals surface area contributed by atoms with Gasteiger partial charge in [0.2, 0.25) is 0 Å². The van der Waals surface area contributed by atoms with Crippen LogP contribution in [-0.2, 0) is 10.0 Å². The Labute approximate surface area is 154 Å². The van der Waals surface area contributed by atoms with Crippen molar-refractivity contribution in [2.45, 2.75) is 18.1 Å². The number of sulfonamides is 1. The molecule has 0 atom stereocenters. The van der Waals surface area contributed by atoms with Crippen molar-refractivity contribution in [1.82, 2.24) is 10.2 Å². The molecule has 0 aliphatic rings. The van der Waals surface area contributed by atoms with Gasteiger partial charge in [0.1, 0.15) is 4.21 Å². The van der Waals surface area contributed by atoms with E-state index in [0.717, 1.165) is 22.6 Å². The molecule has 2 heterocycles.